The number of fused-ring (bicyclic) bond motifs is 1. The number of carbonyl (C=O) groups excluding carboxylic acids is 1. The lowest BCUT2D eigenvalue weighted by Gasteiger charge is -2.18. The average Bonchev–Trinajstić information content (AvgIpc) is 2.93. The molecule has 1 N–H and O–H groups in total. The van der Waals surface area contributed by atoms with Crippen molar-refractivity contribution in [1.82, 2.24) is 9.55 Å². The van der Waals surface area contributed by atoms with Gasteiger partial charge in [0, 0.05) is 6.54 Å². The Labute approximate surface area is 152 Å². The second-order valence-electron chi connectivity index (χ2n) is 7.42. The number of benzene rings is 2. The van der Waals surface area contributed by atoms with Gasteiger partial charge in [-0.2, -0.15) is 0 Å². The van der Waals surface area contributed by atoms with Crippen molar-refractivity contribution in [3.8, 4) is 0 Å². The summed E-state index contributed by atoms with van der Waals surface area (Å²) in [6.07, 6.45) is 0.577. The molecule has 0 fully saturated rings. The SMILES string of the molecule is CC(C)(C)c1ccc(C(=O)OCCCn2c(=O)[nH]c3ccccc32)cc1. The van der Waals surface area contributed by atoms with Crippen molar-refractivity contribution < 1.29 is 9.53 Å². The molecule has 0 bridgehead atoms. The third kappa shape index (κ3) is 3.87. The van der Waals surface area contributed by atoms with Gasteiger partial charge in [-0.05, 0) is 41.7 Å². The summed E-state index contributed by atoms with van der Waals surface area (Å²) in [5.74, 6) is -0.336. The minimum Gasteiger partial charge on any atom is -0.462 e. The number of nitrogens with one attached hydrogen (secondary N) is 1. The number of aromatic nitrogens is 2. The van der Waals surface area contributed by atoms with Crippen LogP contribution in [-0.2, 0) is 16.7 Å². The van der Waals surface area contributed by atoms with E-state index in [9.17, 15) is 9.59 Å². The van der Waals surface area contributed by atoms with Crippen molar-refractivity contribution in [3.05, 3.63) is 70.1 Å². The molecule has 0 aliphatic heterocycles. The lowest BCUT2D eigenvalue weighted by molar-refractivity contribution is 0.0496. The summed E-state index contributed by atoms with van der Waals surface area (Å²) in [5, 5.41) is 0. The number of nitrogens with zero attached hydrogens (tertiary/aromatic N) is 1. The number of aryl methyl sites for hydroxylation is 1. The van der Waals surface area contributed by atoms with Crippen molar-refractivity contribution in [2.24, 2.45) is 0 Å². The number of rotatable bonds is 5. The molecule has 0 unspecified atom stereocenters. The molecule has 2 aromatic carbocycles. The minimum atomic E-state index is -0.336. The monoisotopic (exact) mass is 352 g/mol. The van der Waals surface area contributed by atoms with E-state index in [0.29, 0.717) is 18.5 Å². The van der Waals surface area contributed by atoms with E-state index in [0.717, 1.165) is 11.0 Å². The highest BCUT2D eigenvalue weighted by Crippen LogP contribution is 2.22. The maximum atomic E-state index is 12.1. The summed E-state index contributed by atoms with van der Waals surface area (Å²) in [4.78, 5) is 27.0. The topological polar surface area (TPSA) is 64.1 Å². The van der Waals surface area contributed by atoms with Gasteiger partial charge in [0.05, 0.1) is 23.2 Å². The second kappa shape index (κ2) is 7.20. The van der Waals surface area contributed by atoms with Crippen LogP contribution in [0.3, 0.4) is 0 Å². The molecule has 136 valence electrons. The fourth-order valence-electron chi connectivity index (χ4n) is 2.91. The van der Waals surface area contributed by atoms with Crippen LogP contribution in [0.15, 0.2) is 53.3 Å². The van der Waals surface area contributed by atoms with Gasteiger partial charge in [-0.15, -0.1) is 0 Å². The molecule has 0 radical (unpaired) electrons. The lowest BCUT2D eigenvalue weighted by Crippen LogP contribution is -2.18. The normalized spacial score (nSPS) is 11.7. The summed E-state index contributed by atoms with van der Waals surface area (Å²) >= 11 is 0. The molecule has 3 rings (SSSR count). The van der Waals surface area contributed by atoms with E-state index in [1.165, 1.54) is 5.56 Å². The van der Waals surface area contributed by atoms with Gasteiger partial charge in [0.2, 0.25) is 0 Å². The van der Waals surface area contributed by atoms with E-state index in [4.69, 9.17) is 4.74 Å². The highest BCUT2D eigenvalue weighted by Gasteiger charge is 2.14. The molecule has 0 aliphatic rings. The maximum absolute atomic E-state index is 12.1. The third-order valence-electron chi connectivity index (χ3n) is 4.43. The fraction of sp³-hybridized carbons (Fsp3) is 0.333. The summed E-state index contributed by atoms with van der Waals surface area (Å²) in [7, 11) is 0. The van der Waals surface area contributed by atoms with Gasteiger partial charge in [-0.1, -0.05) is 45.0 Å². The van der Waals surface area contributed by atoms with E-state index in [2.05, 4.69) is 25.8 Å². The first-order valence-corrected chi connectivity index (χ1v) is 8.81. The molecule has 0 spiro atoms. The zero-order valence-corrected chi connectivity index (χ0v) is 15.4. The molecular weight excluding hydrogens is 328 g/mol. The van der Waals surface area contributed by atoms with Crippen molar-refractivity contribution in [2.45, 2.75) is 39.2 Å². The Balaban J connectivity index is 1.55. The number of hydrogen-bond acceptors (Lipinski definition) is 3. The van der Waals surface area contributed by atoms with Gasteiger partial charge in [-0.25, -0.2) is 9.59 Å². The molecule has 0 amide bonds. The molecule has 5 nitrogen and oxygen atoms in total. The average molecular weight is 352 g/mol. The summed E-state index contributed by atoms with van der Waals surface area (Å²) in [6.45, 7) is 7.16. The summed E-state index contributed by atoms with van der Waals surface area (Å²) < 4.78 is 7.01. The van der Waals surface area contributed by atoms with Crippen LogP contribution in [0.25, 0.3) is 11.0 Å². The molecule has 0 aliphatic carbocycles. The van der Waals surface area contributed by atoms with Gasteiger partial charge < -0.3 is 9.72 Å². The number of H-pyrrole nitrogens is 1. The standard InChI is InChI=1S/C21H24N2O3/c1-21(2,3)16-11-9-15(10-12-16)19(24)26-14-6-13-23-18-8-5-4-7-17(18)22-20(23)25/h4-5,7-12H,6,13-14H2,1-3H3,(H,22,25). The molecule has 1 aromatic heterocycles. The van der Waals surface area contributed by atoms with Crippen molar-refractivity contribution in [2.75, 3.05) is 6.61 Å². The third-order valence-corrected chi connectivity index (χ3v) is 4.43. The molecule has 26 heavy (non-hydrogen) atoms. The first-order valence-electron chi connectivity index (χ1n) is 8.81. The van der Waals surface area contributed by atoms with E-state index >= 15 is 0 Å². The molecular formula is C21H24N2O3. The van der Waals surface area contributed by atoms with Crippen LogP contribution in [-0.4, -0.2) is 22.1 Å². The number of hydrogen-bond donors (Lipinski definition) is 1. The van der Waals surface area contributed by atoms with Crippen molar-refractivity contribution >= 4 is 17.0 Å². The van der Waals surface area contributed by atoms with E-state index in [-0.39, 0.29) is 23.7 Å². The van der Waals surface area contributed by atoms with Crippen LogP contribution >= 0.6 is 0 Å². The van der Waals surface area contributed by atoms with E-state index < -0.39 is 0 Å². The highest BCUT2D eigenvalue weighted by atomic mass is 16.5. The Hall–Kier alpha value is -2.82. The van der Waals surface area contributed by atoms with Gasteiger partial charge in [-0.3, -0.25) is 4.57 Å². The molecule has 0 saturated carbocycles. The number of aromatic amines is 1. The number of imidazole rings is 1. The first kappa shape index (κ1) is 18.0. The van der Waals surface area contributed by atoms with E-state index in [1.54, 1.807) is 16.7 Å². The van der Waals surface area contributed by atoms with Crippen LogP contribution in [0.5, 0.6) is 0 Å². The summed E-state index contributed by atoms with van der Waals surface area (Å²) in [5.41, 5.74) is 3.30. The largest absolute Gasteiger partial charge is 0.462 e. The van der Waals surface area contributed by atoms with Crippen LogP contribution < -0.4 is 5.69 Å². The molecule has 0 atom stereocenters. The minimum absolute atomic E-state index is 0.0506. The zero-order chi connectivity index (χ0) is 18.7. The Morgan fingerprint density at radius 1 is 1.08 bits per heavy atom. The quantitative estimate of drug-likeness (QED) is 0.560. The molecule has 3 aromatic rings. The molecule has 5 heteroatoms. The number of carbonyl (C=O) groups is 1. The van der Waals surface area contributed by atoms with Crippen LogP contribution in [0, 0.1) is 0 Å². The summed E-state index contributed by atoms with van der Waals surface area (Å²) in [6, 6.07) is 15.1. The van der Waals surface area contributed by atoms with E-state index in [1.807, 2.05) is 36.4 Å². The Bertz CT molecular complexity index is 959. The van der Waals surface area contributed by atoms with Crippen molar-refractivity contribution in [3.63, 3.8) is 0 Å². The molecule has 0 saturated heterocycles. The first-order chi connectivity index (χ1) is 12.4. The highest BCUT2D eigenvalue weighted by molar-refractivity contribution is 5.89. The lowest BCUT2D eigenvalue weighted by atomic mass is 9.87. The maximum Gasteiger partial charge on any atom is 0.338 e. The smallest absolute Gasteiger partial charge is 0.338 e. The van der Waals surface area contributed by atoms with Crippen LogP contribution in [0.1, 0.15) is 43.1 Å². The number of para-hydroxylation sites is 2. The fourth-order valence-corrected chi connectivity index (χ4v) is 2.91. The van der Waals surface area contributed by atoms with Gasteiger partial charge in [0.15, 0.2) is 0 Å². The van der Waals surface area contributed by atoms with Gasteiger partial charge in [0.25, 0.3) is 0 Å². The van der Waals surface area contributed by atoms with Gasteiger partial charge in [0.1, 0.15) is 0 Å². The Kier molecular flexibility index (Phi) is 4.98. The molecule has 1 heterocycles. The zero-order valence-electron chi connectivity index (χ0n) is 15.4. The predicted molar refractivity (Wildman–Crippen MR) is 103 cm³/mol. The second-order valence-corrected chi connectivity index (χ2v) is 7.42. The van der Waals surface area contributed by atoms with Crippen LogP contribution in [0.2, 0.25) is 0 Å². The number of esters is 1. The Morgan fingerprint density at radius 2 is 1.77 bits per heavy atom. The van der Waals surface area contributed by atoms with Crippen molar-refractivity contribution in [1.29, 1.82) is 0 Å². The van der Waals surface area contributed by atoms with Crippen LogP contribution in [0.4, 0.5) is 0 Å². The predicted octanol–water partition coefficient (Wildman–Crippen LogP) is 3.87. The van der Waals surface area contributed by atoms with Gasteiger partial charge >= 0.3 is 11.7 Å². The number of ether oxygens (including phenoxy) is 1. The Morgan fingerprint density at radius 3 is 2.46 bits per heavy atom.